The Morgan fingerprint density at radius 2 is 2.04 bits per heavy atom. The Hall–Kier alpha value is -1.78. The molecule has 0 atom stereocenters. The first-order valence-corrected chi connectivity index (χ1v) is 9.69. The fourth-order valence-electron chi connectivity index (χ4n) is 3.40. The molecule has 2 aromatic carbocycles. The SMILES string of the molecule is Cc1cc(Cl)ccc1-n1nc(-c2cccc(Br)c2)c2c1NCCCC2. The van der Waals surface area contributed by atoms with Crippen molar-refractivity contribution >= 4 is 33.3 Å². The van der Waals surface area contributed by atoms with E-state index in [9.17, 15) is 0 Å². The van der Waals surface area contributed by atoms with Gasteiger partial charge in [-0.2, -0.15) is 5.10 Å². The summed E-state index contributed by atoms with van der Waals surface area (Å²) in [4.78, 5) is 0. The zero-order valence-corrected chi connectivity index (χ0v) is 16.4. The summed E-state index contributed by atoms with van der Waals surface area (Å²) >= 11 is 9.72. The van der Waals surface area contributed by atoms with E-state index in [0.717, 1.165) is 50.8 Å². The van der Waals surface area contributed by atoms with E-state index in [-0.39, 0.29) is 0 Å². The summed E-state index contributed by atoms with van der Waals surface area (Å²) in [7, 11) is 0. The summed E-state index contributed by atoms with van der Waals surface area (Å²) in [6, 6.07) is 14.3. The Morgan fingerprint density at radius 3 is 2.84 bits per heavy atom. The third kappa shape index (κ3) is 3.21. The highest BCUT2D eigenvalue weighted by atomic mass is 79.9. The van der Waals surface area contributed by atoms with E-state index in [2.05, 4.69) is 46.4 Å². The van der Waals surface area contributed by atoms with Gasteiger partial charge in [0, 0.05) is 27.2 Å². The van der Waals surface area contributed by atoms with Crippen LogP contribution in [0.15, 0.2) is 46.9 Å². The largest absolute Gasteiger partial charge is 0.370 e. The first-order valence-electron chi connectivity index (χ1n) is 8.52. The molecule has 1 aromatic heterocycles. The van der Waals surface area contributed by atoms with Gasteiger partial charge in [-0.1, -0.05) is 39.7 Å². The molecule has 1 aliphatic heterocycles. The Labute approximate surface area is 161 Å². The molecule has 3 aromatic rings. The van der Waals surface area contributed by atoms with Gasteiger partial charge in [0.2, 0.25) is 0 Å². The fraction of sp³-hybridized carbons (Fsp3) is 0.250. The highest BCUT2D eigenvalue weighted by Crippen LogP contribution is 2.35. The molecule has 0 unspecified atom stereocenters. The summed E-state index contributed by atoms with van der Waals surface area (Å²) in [5, 5.41) is 9.34. The first kappa shape index (κ1) is 16.7. The molecule has 25 heavy (non-hydrogen) atoms. The lowest BCUT2D eigenvalue weighted by Gasteiger charge is -2.11. The Bertz CT molecular complexity index is 933. The minimum Gasteiger partial charge on any atom is -0.370 e. The van der Waals surface area contributed by atoms with E-state index in [0.29, 0.717) is 0 Å². The number of aromatic nitrogens is 2. The van der Waals surface area contributed by atoms with Crippen LogP contribution in [-0.4, -0.2) is 16.3 Å². The lowest BCUT2D eigenvalue weighted by molar-refractivity contribution is 0.779. The summed E-state index contributed by atoms with van der Waals surface area (Å²) in [6.07, 6.45) is 3.38. The molecule has 0 aliphatic carbocycles. The molecule has 0 fully saturated rings. The predicted octanol–water partition coefficient (Wildman–Crippen LogP) is 6.01. The number of fused-ring (bicyclic) bond motifs is 1. The number of nitrogens with one attached hydrogen (secondary N) is 1. The van der Waals surface area contributed by atoms with Gasteiger partial charge in [-0.05, 0) is 62.1 Å². The van der Waals surface area contributed by atoms with Crippen molar-refractivity contribution in [1.29, 1.82) is 0 Å². The number of rotatable bonds is 2. The van der Waals surface area contributed by atoms with Crippen LogP contribution >= 0.6 is 27.5 Å². The van der Waals surface area contributed by atoms with Crippen molar-refractivity contribution in [2.24, 2.45) is 0 Å². The normalized spacial score (nSPS) is 13.9. The highest BCUT2D eigenvalue weighted by molar-refractivity contribution is 9.10. The lowest BCUT2D eigenvalue weighted by atomic mass is 10.0. The van der Waals surface area contributed by atoms with Crippen LogP contribution in [0.1, 0.15) is 24.0 Å². The minimum absolute atomic E-state index is 0.750. The number of halogens is 2. The van der Waals surface area contributed by atoms with Crippen molar-refractivity contribution in [2.45, 2.75) is 26.2 Å². The number of benzene rings is 2. The van der Waals surface area contributed by atoms with E-state index in [1.54, 1.807) is 0 Å². The number of aryl methyl sites for hydroxylation is 1. The van der Waals surface area contributed by atoms with Crippen molar-refractivity contribution in [3.05, 3.63) is 63.1 Å². The topological polar surface area (TPSA) is 29.9 Å². The van der Waals surface area contributed by atoms with Crippen LogP contribution in [-0.2, 0) is 6.42 Å². The summed E-state index contributed by atoms with van der Waals surface area (Å²) < 4.78 is 3.11. The minimum atomic E-state index is 0.750. The quantitative estimate of drug-likeness (QED) is 0.554. The van der Waals surface area contributed by atoms with Crippen LogP contribution in [0, 0.1) is 6.92 Å². The zero-order chi connectivity index (χ0) is 17.4. The van der Waals surface area contributed by atoms with Crippen LogP contribution < -0.4 is 5.32 Å². The molecule has 2 heterocycles. The maximum absolute atomic E-state index is 6.14. The number of hydrogen-bond donors (Lipinski definition) is 1. The van der Waals surface area contributed by atoms with Gasteiger partial charge in [-0.3, -0.25) is 0 Å². The van der Waals surface area contributed by atoms with Crippen molar-refractivity contribution < 1.29 is 0 Å². The molecule has 0 amide bonds. The smallest absolute Gasteiger partial charge is 0.133 e. The molecule has 5 heteroatoms. The van der Waals surface area contributed by atoms with Gasteiger partial charge in [-0.25, -0.2) is 4.68 Å². The van der Waals surface area contributed by atoms with Gasteiger partial charge < -0.3 is 5.32 Å². The molecule has 0 bridgehead atoms. The summed E-state index contributed by atoms with van der Waals surface area (Å²) in [5.74, 6) is 1.11. The zero-order valence-electron chi connectivity index (χ0n) is 14.0. The molecule has 0 saturated heterocycles. The Morgan fingerprint density at radius 1 is 1.16 bits per heavy atom. The van der Waals surface area contributed by atoms with Crippen LogP contribution in [0.4, 0.5) is 5.82 Å². The van der Waals surface area contributed by atoms with Gasteiger partial charge in [0.05, 0.1) is 11.4 Å². The Balaban J connectivity index is 1.93. The van der Waals surface area contributed by atoms with E-state index < -0.39 is 0 Å². The predicted molar refractivity (Wildman–Crippen MR) is 108 cm³/mol. The standard InChI is InChI=1S/C20H19BrClN3/c1-13-11-16(22)8-9-18(13)25-20-17(7-2-3-10-23-20)19(24-25)14-5-4-6-15(21)12-14/h4-6,8-9,11-12,23H,2-3,7,10H2,1H3. The molecule has 128 valence electrons. The molecule has 0 radical (unpaired) electrons. The van der Waals surface area contributed by atoms with Crippen molar-refractivity contribution in [1.82, 2.24) is 9.78 Å². The number of anilines is 1. The Kier molecular flexibility index (Phi) is 4.57. The van der Waals surface area contributed by atoms with E-state index >= 15 is 0 Å². The van der Waals surface area contributed by atoms with Gasteiger partial charge in [0.1, 0.15) is 5.82 Å². The van der Waals surface area contributed by atoms with Crippen LogP contribution in [0.2, 0.25) is 5.02 Å². The summed E-state index contributed by atoms with van der Waals surface area (Å²) in [6.45, 7) is 3.05. The molecular weight excluding hydrogens is 398 g/mol. The van der Waals surface area contributed by atoms with Gasteiger partial charge in [-0.15, -0.1) is 0 Å². The number of hydrogen-bond acceptors (Lipinski definition) is 2. The fourth-order valence-corrected chi connectivity index (χ4v) is 4.03. The highest BCUT2D eigenvalue weighted by Gasteiger charge is 2.22. The van der Waals surface area contributed by atoms with Crippen molar-refractivity contribution in [3.8, 4) is 16.9 Å². The van der Waals surface area contributed by atoms with Crippen LogP contribution in [0.25, 0.3) is 16.9 Å². The average molecular weight is 417 g/mol. The molecular formula is C20H19BrClN3. The molecule has 3 nitrogen and oxygen atoms in total. The van der Waals surface area contributed by atoms with E-state index in [1.807, 2.05) is 28.9 Å². The van der Waals surface area contributed by atoms with Gasteiger partial charge in [0.15, 0.2) is 0 Å². The molecule has 1 N–H and O–H groups in total. The van der Waals surface area contributed by atoms with Gasteiger partial charge in [0.25, 0.3) is 0 Å². The molecule has 0 spiro atoms. The third-order valence-corrected chi connectivity index (χ3v) is 5.34. The van der Waals surface area contributed by atoms with E-state index in [4.69, 9.17) is 16.7 Å². The maximum atomic E-state index is 6.14. The monoisotopic (exact) mass is 415 g/mol. The van der Waals surface area contributed by atoms with Crippen molar-refractivity contribution in [3.63, 3.8) is 0 Å². The second kappa shape index (κ2) is 6.85. The molecule has 4 rings (SSSR count). The molecule has 0 saturated carbocycles. The van der Waals surface area contributed by atoms with Crippen LogP contribution in [0.3, 0.4) is 0 Å². The van der Waals surface area contributed by atoms with Crippen molar-refractivity contribution in [2.75, 3.05) is 11.9 Å². The second-order valence-corrected chi connectivity index (χ2v) is 7.76. The van der Waals surface area contributed by atoms with Gasteiger partial charge >= 0.3 is 0 Å². The average Bonchev–Trinajstić information content (AvgIpc) is 2.77. The maximum Gasteiger partial charge on any atom is 0.133 e. The number of nitrogens with zero attached hydrogens (tertiary/aromatic N) is 2. The van der Waals surface area contributed by atoms with Crippen LogP contribution in [0.5, 0.6) is 0 Å². The summed E-state index contributed by atoms with van der Waals surface area (Å²) in [5.41, 5.74) is 5.67. The first-order chi connectivity index (χ1) is 12.1. The second-order valence-electron chi connectivity index (χ2n) is 6.41. The lowest BCUT2D eigenvalue weighted by Crippen LogP contribution is -2.08. The third-order valence-electron chi connectivity index (χ3n) is 4.61. The van der Waals surface area contributed by atoms with E-state index in [1.165, 1.54) is 18.4 Å². The molecule has 1 aliphatic rings.